The number of halogens is 1. The molecule has 17 heavy (non-hydrogen) atoms. The first-order valence-corrected chi connectivity index (χ1v) is 5.13. The predicted octanol–water partition coefficient (Wildman–Crippen LogP) is 2.76. The fraction of sp³-hybridized carbons (Fsp3) is 0.167. The van der Waals surface area contributed by atoms with Crippen LogP contribution in [0.1, 0.15) is 5.56 Å². The van der Waals surface area contributed by atoms with Crippen LogP contribution in [0.5, 0.6) is 11.6 Å². The largest absolute Gasteiger partial charge is 0.436 e. The molecule has 0 fully saturated rings. The van der Waals surface area contributed by atoms with Gasteiger partial charge < -0.3 is 10.1 Å². The molecule has 0 aliphatic rings. The number of benzene rings is 1. The number of nitrogens with zero attached hydrogens (tertiary/aromatic N) is 2. The van der Waals surface area contributed by atoms with E-state index in [1.807, 2.05) is 6.92 Å². The second kappa shape index (κ2) is 4.78. The zero-order valence-corrected chi connectivity index (χ0v) is 9.57. The summed E-state index contributed by atoms with van der Waals surface area (Å²) >= 11 is 0. The Morgan fingerprint density at radius 2 is 2.06 bits per heavy atom. The average molecular weight is 233 g/mol. The van der Waals surface area contributed by atoms with E-state index < -0.39 is 5.82 Å². The molecule has 5 heteroatoms. The van der Waals surface area contributed by atoms with E-state index in [0.717, 1.165) is 5.56 Å². The van der Waals surface area contributed by atoms with Crippen molar-refractivity contribution in [3.8, 4) is 11.6 Å². The predicted molar refractivity (Wildman–Crippen MR) is 62.8 cm³/mol. The molecule has 4 nitrogen and oxygen atoms in total. The Kier molecular flexibility index (Phi) is 3.18. The first-order valence-electron chi connectivity index (χ1n) is 5.13. The number of anilines is 1. The van der Waals surface area contributed by atoms with E-state index >= 15 is 0 Å². The van der Waals surface area contributed by atoms with Gasteiger partial charge >= 0.3 is 0 Å². The summed E-state index contributed by atoms with van der Waals surface area (Å²) in [7, 11) is 1.74. The minimum atomic E-state index is -0.416. The van der Waals surface area contributed by atoms with Crippen molar-refractivity contribution in [2.75, 3.05) is 12.4 Å². The van der Waals surface area contributed by atoms with Crippen LogP contribution in [0.15, 0.2) is 30.6 Å². The van der Waals surface area contributed by atoms with Gasteiger partial charge in [0.1, 0.15) is 12.1 Å². The third-order valence-electron chi connectivity index (χ3n) is 2.20. The third kappa shape index (κ3) is 2.69. The summed E-state index contributed by atoms with van der Waals surface area (Å²) < 4.78 is 18.8. The van der Waals surface area contributed by atoms with Gasteiger partial charge in [-0.25, -0.2) is 14.4 Å². The minimum absolute atomic E-state index is 0.158. The van der Waals surface area contributed by atoms with Crippen LogP contribution in [-0.2, 0) is 0 Å². The molecule has 1 N–H and O–H groups in total. The van der Waals surface area contributed by atoms with Crippen molar-refractivity contribution in [3.05, 3.63) is 42.0 Å². The average Bonchev–Trinajstić information content (AvgIpc) is 2.34. The van der Waals surface area contributed by atoms with Crippen LogP contribution >= 0.6 is 0 Å². The smallest absolute Gasteiger partial charge is 0.224 e. The Labute approximate surface area is 98.5 Å². The number of hydrogen-bond acceptors (Lipinski definition) is 4. The molecule has 0 amide bonds. The lowest BCUT2D eigenvalue weighted by Gasteiger charge is -2.07. The van der Waals surface area contributed by atoms with E-state index in [-0.39, 0.29) is 5.75 Å². The fourth-order valence-electron chi connectivity index (χ4n) is 1.33. The minimum Gasteiger partial charge on any atom is -0.436 e. The number of nitrogens with one attached hydrogen (secondary N) is 1. The molecular formula is C12H12FN3O. The van der Waals surface area contributed by atoms with E-state index in [2.05, 4.69) is 15.3 Å². The van der Waals surface area contributed by atoms with Crippen molar-refractivity contribution >= 4 is 5.82 Å². The van der Waals surface area contributed by atoms with Crippen LogP contribution in [0.2, 0.25) is 0 Å². The summed E-state index contributed by atoms with van der Waals surface area (Å²) in [5, 5.41) is 2.85. The highest BCUT2D eigenvalue weighted by Gasteiger charge is 2.06. The van der Waals surface area contributed by atoms with Crippen LogP contribution in [0.4, 0.5) is 10.2 Å². The Hall–Kier alpha value is -2.17. The van der Waals surface area contributed by atoms with E-state index in [1.54, 1.807) is 25.2 Å². The Morgan fingerprint density at radius 3 is 2.82 bits per heavy atom. The molecule has 1 heterocycles. The lowest BCUT2D eigenvalue weighted by atomic mass is 10.2. The van der Waals surface area contributed by atoms with Crippen molar-refractivity contribution in [3.63, 3.8) is 0 Å². The zero-order chi connectivity index (χ0) is 12.3. The van der Waals surface area contributed by atoms with E-state index in [9.17, 15) is 4.39 Å². The van der Waals surface area contributed by atoms with Gasteiger partial charge in [0.2, 0.25) is 5.88 Å². The molecular weight excluding hydrogens is 221 g/mol. The van der Waals surface area contributed by atoms with Crippen molar-refractivity contribution in [2.45, 2.75) is 6.92 Å². The first kappa shape index (κ1) is 11.3. The van der Waals surface area contributed by atoms with Crippen molar-refractivity contribution in [1.29, 1.82) is 0 Å². The van der Waals surface area contributed by atoms with E-state index in [1.165, 1.54) is 12.4 Å². The molecule has 0 saturated heterocycles. The van der Waals surface area contributed by atoms with Crippen molar-refractivity contribution in [2.24, 2.45) is 0 Å². The zero-order valence-electron chi connectivity index (χ0n) is 9.57. The van der Waals surface area contributed by atoms with Crippen LogP contribution in [0, 0.1) is 12.7 Å². The van der Waals surface area contributed by atoms with Crippen LogP contribution in [0.3, 0.4) is 0 Å². The first-order chi connectivity index (χ1) is 8.19. The lowest BCUT2D eigenvalue weighted by Crippen LogP contribution is -1.96. The van der Waals surface area contributed by atoms with Crippen LogP contribution < -0.4 is 10.1 Å². The molecule has 2 aromatic rings. The summed E-state index contributed by atoms with van der Waals surface area (Å²) in [6.07, 6.45) is 1.36. The van der Waals surface area contributed by atoms with Gasteiger partial charge in [-0.15, -0.1) is 0 Å². The summed E-state index contributed by atoms with van der Waals surface area (Å²) in [5.41, 5.74) is 0.921. The molecule has 0 spiro atoms. The van der Waals surface area contributed by atoms with Gasteiger partial charge in [-0.3, -0.25) is 0 Å². The number of hydrogen-bond donors (Lipinski definition) is 1. The topological polar surface area (TPSA) is 47.0 Å². The SMILES string of the molecule is CNc1cc(Oc2cc(C)ccc2F)ncn1. The van der Waals surface area contributed by atoms with Crippen molar-refractivity contribution in [1.82, 2.24) is 9.97 Å². The number of ether oxygens (including phenoxy) is 1. The molecule has 1 aromatic carbocycles. The van der Waals surface area contributed by atoms with Gasteiger partial charge in [0.15, 0.2) is 11.6 Å². The van der Waals surface area contributed by atoms with Gasteiger partial charge in [-0.2, -0.15) is 0 Å². The van der Waals surface area contributed by atoms with Crippen LogP contribution in [-0.4, -0.2) is 17.0 Å². The highest BCUT2D eigenvalue weighted by Crippen LogP contribution is 2.24. The Balaban J connectivity index is 2.27. The van der Waals surface area contributed by atoms with Crippen LogP contribution in [0.25, 0.3) is 0 Å². The van der Waals surface area contributed by atoms with E-state index in [4.69, 9.17) is 4.74 Å². The molecule has 0 atom stereocenters. The number of rotatable bonds is 3. The highest BCUT2D eigenvalue weighted by atomic mass is 19.1. The molecule has 0 bridgehead atoms. The number of aryl methyl sites for hydroxylation is 1. The maximum atomic E-state index is 13.5. The summed E-state index contributed by atoms with van der Waals surface area (Å²) in [4.78, 5) is 7.86. The summed E-state index contributed by atoms with van der Waals surface area (Å²) in [6.45, 7) is 1.87. The maximum absolute atomic E-state index is 13.5. The van der Waals surface area contributed by atoms with Gasteiger partial charge in [0, 0.05) is 13.1 Å². The Morgan fingerprint density at radius 1 is 1.24 bits per heavy atom. The lowest BCUT2D eigenvalue weighted by molar-refractivity contribution is 0.426. The van der Waals surface area contributed by atoms with Gasteiger partial charge in [-0.1, -0.05) is 6.07 Å². The molecule has 0 aliphatic carbocycles. The second-order valence-electron chi connectivity index (χ2n) is 3.53. The van der Waals surface area contributed by atoms with Gasteiger partial charge in [0.25, 0.3) is 0 Å². The van der Waals surface area contributed by atoms with Gasteiger partial charge in [-0.05, 0) is 24.6 Å². The molecule has 0 radical (unpaired) electrons. The molecule has 2 rings (SSSR count). The van der Waals surface area contributed by atoms with E-state index in [0.29, 0.717) is 11.7 Å². The molecule has 0 aliphatic heterocycles. The normalized spacial score (nSPS) is 10.1. The monoisotopic (exact) mass is 233 g/mol. The summed E-state index contributed by atoms with van der Waals surface area (Å²) in [6, 6.07) is 6.27. The molecule has 0 unspecified atom stereocenters. The maximum Gasteiger partial charge on any atom is 0.224 e. The molecule has 0 saturated carbocycles. The fourth-order valence-corrected chi connectivity index (χ4v) is 1.33. The number of aromatic nitrogens is 2. The highest BCUT2D eigenvalue weighted by molar-refractivity contribution is 5.39. The third-order valence-corrected chi connectivity index (χ3v) is 2.20. The molecule has 88 valence electrons. The summed E-state index contributed by atoms with van der Waals surface area (Å²) in [5.74, 6) is 0.655. The second-order valence-corrected chi connectivity index (χ2v) is 3.53. The van der Waals surface area contributed by atoms with Crippen molar-refractivity contribution < 1.29 is 9.13 Å². The van der Waals surface area contributed by atoms with Gasteiger partial charge in [0.05, 0.1) is 0 Å². The molecule has 1 aromatic heterocycles. The quantitative estimate of drug-likeness (QED) is 0.885. The Bertz CT molecular complexity index is 531. The standard InChI is InChI=1S/C12H12FN3O/c1-8-3-4-9(13)10(5-8)17-12-6-11(14-2)15-7-16-12/h3-7H,1-2H3,(H,14,15,16).